The van der Waals surface area contributed by atoms with E-state index in [1.807, 2.05) is 12.1 Å². The molecule has 3 nitrogen and oxygen atoms in total. The average molecular weight is 411 g/mol. The Balaban J connectivity index is 1.42. The largest absolute Gasteiger partial charge is 0.494 e. The lowest BCUT2D eigenvalue weighted by Gasteiger charge is -2.14. The Kier molecular flexibility index (Phi) is 8.62. The molecule has 0 bridgehead atoms. The van der Waals surface area contributed by atoms with Crippen molar-refractivity contribution in [2.45, 2.75) is 84.5 Å². The molecule has 0 aliphatic carbocycles. The van der Waals surface area contributed by atoms with Crippen molar-refractivity contribution in [3.8, 4) is 22.6 Å². The Morgan fingerprint density at radius 1 is 0.733 bits per heavy atom. The molecule has 1 fully saturated rings. The molecule has 0 aromatic heterocycles. The number of benzene rings is 2. The first-order valence-electron chi connectivity index (χ1n) is 11.7. The zero-order chi connectivity index (χ0) is 21.3. The summed E-state index contributed by atoms with van der Waals surface area (Å²) < 4.78 is 17.7. The van der Waals surface area contributed by atoms with E-state index in [0.29, 0.717) is 12.0 Å². The van der Waals surface area contributed by atoms with Gasteiger partial charge >= 0.3 is 0 Å². The van der Waals surface area contributed by atoms with Gasteiger partial charge in [0.15, 0.2) is 0 Å². The van der Waals surface area contributed by atoms with Crippen molar-refractivity contribution >= 4 is 0 Å². The molecule has 0 N–H and O–H groups in total. The second-order valence-electron chi connectivity index (χ2n) is 8.80. The highest BCUT2D eigenvalue weighted by Gasteiger charge is 2.46. The van der Waals surface area contributed by atoms with Crippen LogP contribution in [0, 0.1) is 5.92 Å². The van der Waals surface area contributed by atoms with E-state index in [1.165, 1.54) is 43.2 Å². The van der Waals surface area contributed by atoms with Gasteiger partial charge in [-0.15, -0.1) is 0 Å². The minimum Gasteiger partial charge on any atom is -0.494 e. The Morgan fingerprint density at radius 2 is 1.30 bits per heavy atom. The fraction of sp³-hybridized carbons (Fsp3) is 0.556. The molecule has 164 valence electrons. The number of unbranched alkanes of at least 4 members (excludes halogenated alkanes) is 5. The lowest BCUT2D eigenvalue weighted by atomic mass is 10.0. The third-order valence-corrected chi connectivity index (χ3v) is 5.81. The van der Waals surface area contributed by atoms with Crippen LogP contribution in [0.4, 0.5) is 0 Å². The molecule has 1 aliphatic rings. The zero-order valence-corrected chi connectivity index (χ0v) is 19.1. The molecule has 3 atom stereocenters. The Bertz CT molecular complexity index is 736. The molecule has 3 heteroatoms. The van der Waals surface area contributed by atoms with E-state index in [0.717, 1.165) is 24.5 Å². The first-order valence-corrected chi connectivity index (χ1v) is 11.7. The zero-order valence-electron chi connectivity index (χ0n) is 19.1. The summed E-state index contributed by atoms with van der Waals surface area (Å²) in [6, 6.07) is 16.7. The third-order valence-electron chi connectivity index (χ3n) is 5.81. The number of hydrogen-bond donors (Lipinski definition) is 0. The molecule has 0 amide bonds. The summed E-state index contributed by atoms with van der Waals surface area (Å²) in [5.74, 6) is 2.38. The number of epoxide rings is 1. The molecule has 3 rings (SSSR count). The Labute approximate surface area is 182 Å². The fourth-order valence-electron chi connectivity index (χ4n) is 3.87. The van der Waals surface area contributed by atoms with Gasteiger partial charge in [0.2, 0.25) is 0 Å². The minimum absolute atomic E-state index is 0.0753. The molecule has 30 heavy (non-hydrogen) atoms. The highest BCUT2D eigenvalue weighted by molar-refractivity contribution is 5.64. The maximum atomic E-state index is 6.07. The maximum Gasteiger partial charge on any atom is 0.125 e. The molecule has 1 heterocycles. The second-order valence-corrected chi connectivity index (χ2v) is 8.80. The van der Waals surface area contributed by atoms with Crippen LogP contribution in [-0.2, 0) is 4.74 Å². The SMILES string of the molecule is CCCCCCCCOc1ccc(-c2ccc(O[C@H](C)[C@@H]3O[C@H]3C(C)C)cc2)cc1. The van der Waals surface area contributed by atoms with Crippen molar-refractivity contribution in [2.75, 3.05) is 6.61 Å². The highest BCUT2D eigenvalue weighted by Crippen LogP contribution is 2.34. The first-order chi connectivity index (χ1) is 14.6. The maximum absolute atomic E-state index is 6.07. The molecule has 0 saturated carbocycles. The van der Waals surface area contributed by atoms with Crippen molar-refractivity contribution < 1.29 is 14.2 Å². The Morgan fingerprint density at radius 3 is 1.87 bits per heavy atom. The van der Waals surface area contributed by atoms with Crippen LogP contribution in [0.15, 0.2) is 48.5 Å². The minimum atomic E-state index is 0.0753. The summed E-state index contributed by atoms with van der Waals surface area (Å²) in [6.07, 6.45) is 8.33. The van der Waals surface area contributed by atoms with E-state index < -0.39 is 0 Å². The van der Waals surface area contributed by atoms with Gasteiger partial charge in [-0.25, -0.2) is 0 Å². The second kappa shape index (κ2) is 11.4. The predicted octanol–water partition coefficient (Wildman–Crippen LogP) is 7.28. The quantitative estimate of drug-likeness (QED) is 0.257. The van der Waals surface area contributed by atoms with E-state index in [4.69, 9.17) is 14.2 Å². The highest BCUT2D eigenvalue weighted by atomic mass is 16.6. The lowest BCUT2D eigenvalue weighted by Crippen LogP contribution is -2.22. The van der Waals surface area contributed by atoms with E-state index >= 15 is 0 Å². The van der Waals surface area contributed by atoms with Crippen LogP contribution in [0.1, 0.15) is 66.2 Å². The normalized spacial score (nSPS) is 19.0. The smallest absolute Gasteiger partial charge is 0.125 e. The van der Waals surface area contributed by atoms with Crippen LogP contribution in [0.2, 0.25) is 0 Å². The standard InChI is InChI=1S/C27H38O3/c1-5-6-7-8-9-10-19-28-24-15-11-22(12-16-24)23-13-17-25(18-14-23)29-21(4)27-26(30-27)20(2)3/h11-18,20-21,26-27H,5-10,19H2,1-4H3/t21-,26+,27+/m1/s1. The van der Waals surface area contributed by atoms with Gasteiger partial charge < -0.3 is 14.2 Å². The van der Waals surface area contributed by atoms with Gasteiger partial charge in [0, 0.05) is 0 Å². The third kappa shape index (κ3) is 6.77. The molecule has 0 radical (unpaired) electrons. The first kappa shape index (κ1) is 22.7. The van der Waals surface area contributed by atoms with Crippen LogP contribution < -0.4 is 9.47 Å². The van der Waals surface area contributed by atoms with Crippen molar-refractivity contribution in [1.82, 2.24) is 0 Å². The van der Waals surface area contributed by atoms with Crippen LogP contribution >= 0.6 is 0 Å². The van der Waals surface area contributed by atoms with Gasteiger partial charge in [0.05, 0.1) is 12.7 Å². The molecule has 0 unspecified atom stereocenters. The van der Waals surface area contributed by atoms with Crippen molar-refractivity contribution in [3.05, 3.63) is 48.5 Å². The lowest BCUT2D eigenvalue weighted by molar-refractivity contribution is 0.175. The number of hydrogen-bond acceptors (Lipinski definition) is 3. The van der Waals surface area contributed by atoms with Gasteiger partial charge in [0.25, 0.3) is 0 Å². The summed E-state index contributed by atoms with van der Waals surface area (Å²) in [6.45, 7) is 9.53. The van der Waals surface area contributed by atoms with Crippen molar-refractivity contribution in [3.63, 3.8) is 0 Å². The topological polar surface area (TPSA) is 31.0 Å². The monoisotopic (exact) mass is 410 g/mol. The van der Waals surface area contributed by atoms with Crippen LogP contribution in [0.25, 0.3) is 11.1 Å². The molecule has 0 spiro atoms. The average Bonchev–Trinajstić information content (AvgIpc) is 3.56. The fourth-order valence-corrected chi connectivity index (χ4v) is 3.87. The van der Waals surface area contributed by atoms with E-state index in [9.17, 15) is 0 Å². The molecular formula is C27H38O3. The summed E-state index contributed by atoms with van der Waals surface area (Å²) in [5, 5.41) is 0. The van der Waals surface area contributed by atoms with Gasteiger partial charge in [-0.05, 0) is 54.7 Å². The molecular weight excluding hydrogens is 372 g/mol. The van der Waals surface area contributed by atoms with E-state index in [2.05, 4.69) is 64.1 Å². The molecule has 1 saturated heterocycles. The van der Waals surface area contributed by atoms with Gasteiger partial charge in [-0.2, -0.15) is 0 Å². The summed E-state index contributed by atoms with van der Waals surface area (Å²) >= 11 is 0. The van der Waals surface area contributed by atoms with Crippen molar-refractivity contribution in [2.24, 2.45) is 5.92 Å². The van der Waals surface area contributed by atoms with E-state index in [1.54, 1.807) is 0 Å². The number of ether oxygens (including phenoxy) is 3. The predicted molar refractivity (Wildman–Crippen MR) is 124 cm³/mol. The molecule has 2 aromatic carbocycles. The van der Waals surface area contributed by atoms with E-state index in [-0.39, 0.29) is 12.2 Å². The summed E-state index contributed by atoms with van der Waals surface area (Å²) in [4.78, 5) is 0. The summed E-state index contributed by atoms with van der Waals surface area (Å²) in [7, 11) is 0. The molecule has 1 aliphatic heterocycles. The van der Waals surface area contributed by atoms with Gasteiger partial charge in [0.1, 0.15) is 23.7 Å². The van der Waals surface area contributed by atoms with Crippen molar-refractivity contribution in [1.29, 1.82) is 0 Å². The van der Waals surface area contributed by atoms with Crippen LogP contribution in [0.5, 0.6) is 11.5 Å². The summed E-state index contributed by atoms with van der Waals surface area (Å²) in [5.41, 5.74) is 2.37. The molecule has 2 aromatic rings. The number of rotatable bonds is 13. The van der Waals surface area contributed by atoms with Crippen LogP contribution in [0.3, 0.4) is 0 Å². The van der Waals surface area contributed by atoms with Gasteiger partial charge in [-0.3, -0.25) is 0 Å². The van der Waals surface area contributed by atoms with Gasteiger partial charge in [-0.1, -0.05) is 77.1 Å². The van der Waals surface area contributed by atoms with Crippen LogP contribution in [-0.4, -0.2) is 24.9 Å². The Hall–Kier alpha value is -2.00.